The van der Waals surface area contributed by atoms with Gasteiger partial charge in [0.05, 0.1) is 19.6 Å². The molecule has 2 aromatic rings. The van der Waals surface area contributed by atoms with Gasteiger partial charge in [-0.15, -0.1) is 11.6 Å². The predicted octanol–water partition coefficient (Wildman–Crippen LogP) is 4.44. The van der Waals surface area contributed by atoms with E-state index in [1.807, 2.05) is 49.4 Å². The first-order valence-electron chi connectivity index (χ1n) is 6.95. The minimum Gasteiger partial charge on any atom is -0.497 e. The highest BCUT2D eigenvalue weighted by atomic mass is 35.5. The van der Waals surface area contributed by atoms with E-state index in [4.69, 9.17) is 21.1 Å². The Morgan fingerprint density at radius 2 is 1.86 bits per heavy atom. The Morgan fingerprint density at radius 1 is 1.10 bits per heavy atom. The lowest BCUT2D eigenvalue weighted by Crippen LogP contribution is -2.01. The Hall–Kier alpha value is -1.87. The van der Waals surface area contributed by atoms with Crippen LogP contribution in [0.15, 0.2) is 42.5 Å². The van der Waals surface area contributed by atoms with Gasteiger partial charge in [0, 0.05) is 17.8 Å². The molecule has 0 radical (unpaired) electrons. The first-order valence-corrected chi connectivity index (χ1v) is 7.48. The van der Waals surface area contributed by atoms with Crippen LogP contribution in [0.25, 0.3) is 0 Å². The van der Waals surface area contributed by atoms with Crippen molar-refractivity contribution in [3.63, 3.8) is 0 Å². The van der Waals surface area contributed by atoms with Crippen molar-refractivity contribution in [3.05, 3.63) is 53.6 Å². The summed E-state index contributed by atoms with van der Waals surface area (Å²) in [5, 5.41) is 3.39. The fourth-order valence-corrected chi connectivity index (χ4v) is 2.25. The van der Waals surface area contributed by atoms with Crippen LogP contribution >= 0.6 is 11.6 Å². The third-order valence-corrected chi connectivity index (χ3v) is 3.45. The Balaban J connectivity index is 2.01. The molecule has 0 fully saturated rings. The molecule has 0 heterocycles. The number of hydrogen-bond donors (Lipinski definition) is 1. The summed E-state index contributed by atoms with van der Waals surface area (Å²) in [5.74, 6) is 2.15. The molecule has 3 nitrogen and oxygen atoms in total. The molecule has 0 aliphatic heterocycles. The number of alkyl halides is 1. The van der Waals surface area contributed by atoms with Crippen molar-refractivity contribution in [1.29, 1.82) is 0 Å². The second-order valence-electron chi connectivity index (χ2n) is 4.59. The third kappa shape index (κ3) is 4.30. The van der Waals surface area contributed by atoms with Crippen molar-refractivity contribution < 1.29 is 9.47 Å². The van der Waals surface area contributed by atoms with Crippen molar-refractivity contribution in [2.45, 2.75) is 19.3 Å². The Labute approximate surface area is 130 Å². The van der Waals surface area contributed by atoms with E-state index in [-0.39, 0.29) is 0 Å². The second-order valence-corrected chi connectivity index (χ2v) is 4.86. The van der Waals surface area contributed by atoms with Crippen LogP contribution < -0.4 is 14.8 Å². The zero-order valence-corrected chi connectivity index (χ0v) is 13.1. The number of nitrogens with one attached hydrogen (secondary N) is 1. The minimum absolute atomic E-state index is 0.438. The third-order valence-electron chi connectivity index (χ3n) is 3.16. The number of hydrogen-bond acceptors (Lipinski definition) is 3. The summed E-state index contributed by atoms with van der Waals surface area (Å²) in [6.07, 6.45) is 0. The van der Waals surface area contributed by atoms with Gasteiger partial charge in [0.15, 0.2) is 0 Å². The number of methoxy groups -OCH3 is 1. The number of halogens is 1. The number of ether oxygens (including phenoxy) is 2. The van der Waals surface area contributed by atoms with E-state index >= 15 is 0 Å². The van der Waals surface area contributed by atoms with Crippen LogP contribution in [0.2, 0.25) is 0 Å². The maximum absolute atomic E-state index is 5.97. The number of rotatable bonds is 7. The van der Waals surface area contributed by atoms with Crippen LogP contribution in [0.4, 0.5) is 5.69 Å². The van der Waals surface area contributed by atoms with Gasteiger partial charge in [-0.2, -0.15) is 0 Å². The topological polar surface area (TPSA) is 30.5 Å². The van der Waals surface area contributed by atoms with Crippen molar-refractivity contribution >= 4 is 17.3 Å². The average molecular weight is 306 g/mol. The van der Waals surface area contributed by atoms with E-state index < -0.39 is 0 Å². The van der Waals surface area contributed by atoms with Gasteiger partial charge in [0.25, 0.3) is 0 Å². The molecule has 112 valence electrons. The van der Waals surface area contributed by atoms with E-state index in [0.717, 1.165) is 29.3 Å². The molecule has 0 aliphatic rings. The smallest absolute Gasteiger partial charge is 0.123 e. The van der Waals surface area contributed by atoms with Gasteiger partial charge in [0.2, 0.25) is 0 Å². The largest absolute Gasteiger partial charge is 0.497 e. The molecule has 0 saturated carbocycles. The first kappa shape index (κ1) is 15.5. The van der Waals surface area contributed by atoms with Crippen LogP contribution in [0.5, 0.6) is 11.5 Å². The summed E-state index contributed by atoms with van der Waals surface area (Å²) >= 11 is 5.97. The standard InChI is InChI=1S/C17H20ClNO2/c1-3-21-17-9-6-15(10-14(17)11-18)19-12-13-4-7-16(20-2)8-5-13/h4-10,19H,3,11-12H2,1-2H3. The summed E-state index contributed by atoms with van der Waals surface area (Å²) in [7, 11) is 1.67. The molecule has 2 aromatic carbocycles. The molecule has 0 aromatic heterocycles. The van der Waals surface area contributed by atoms with Gasteiger partial charge < -0.3 is 14.8 Å². The highest BCUT2D eigenvalue weighted by Crippen LogP contribution is 2.25. The van der Waals surface area contributed by atoms with Gasteiger partial charge in [-0.3, -0.25) is 0 Å². The molecule has 2 rings (SSSR count). The van der Waals surface area contributed by atoms with E-state index in [9.17, 15) is 0 Å². The van der Waals surface area contributed by atoms with Gasteiger partial charge >= 0.3 is 0 Å². The summed E-state index contributed by atoms with van der Waals surface area (Å²) in [4.78, 5) is 0. The summed E-state index contributed by atoms with van der Waals surface area (Å²) in [6, 6.07) is 14.0. The normalized spacial score (nSPS) is 10.2. The van der Waals surface area contributed by atoms with Gasteiger partial charge in [-0.05, 0) is 42.8 Å². The molecular formula is C17H20ClNO2. The molecular weight excluding hydrogens is 286 g/mol. The fraction of sp³-hybridized carbons (Fsp3) is 0.294. The molecule has 4 heteroatoms. The summed E-state index contributed by atoms with van der Waals surface area (Å²) in [6.45, 7) is 3.36. The molecule has 0 bridgehead atoms. The molecule has 0 amide bonds. The Morgan fingerprint density at radius 3 is 2.48 bits per heavy atom. The second kappa shape index (κ2) is 7.79. The van der Waals surface area contributed by atoms with Crippen molar-refractivity contribution in [2.24, 2.45) is 0 Å². The molecule has 1 N–H and O–H groups in total. The lowest BCUT2D eigenvalue weighted by atomic mass is 10.1. The molecule has 0 spiro atoms. The molecule has 0 atom stereocenters. The monoisotopic (exact) mass is 305 g/mol. The van der Waals surface area contributed by atoms with Gasteiger partial charge in [-0.1, -0.05) is 12.1 Å². The lowest BCUT2D eigenvalue weighted by Gasteiger charge is -2.12. The van der Waals surface area contributed by atoms with E-state index in [1.165, 1.54) is 5.56 Å². The zero-order valence-electron chi connectivity index (χ0n) is 12.4. The molecule has 0 aliphatic carbocycles. The average Bonchev–Trinajstić information content (AvgIpc) is 2.54. The molecule has 0 unspecified atom stereocenters. The summed E-state index contributed by atoms with van der Waals surface area (Å²) < 4.78 is 10.7. The predicted molar refractivity (Wildman–Crippen MR) is 87.5 cm³/mol. The van der Waals surface area contributed by atoms with Crippen LogP contribution in [-0.4, -0.2) is 13.7 Å². The number of anilines is 1. The van der Waals surface area contributed by atoms with Crippen LogP contribution in [0.1, 0.15) is 18.1 Å². The van der Waals surface area contributed by atoms with E-state index in [0.29, 0.717) is 12.5 Å². The van der Waals surface area contributed by atoms with Crippen LogP contribution in [0.3, 0.4) is 0 Å². The maximum Gasteiger partial charge on any atom is 0.123 e. The first-order chi connectivity index (χ1) is 10.3. The van der Waals surface area contributed by atoms with E-state index in [1.54, 1.807) is 7.11 Å². The maximum atomic E-state index is 5.97. The fourth-order valence-electron chi connectivity index (χ4n) is 2.04. The van der Waals surface area contributed by atoms with Crippen molar-refractivity contribution in [2.75, 3.05) is 19.0 Å². The molecule has 21 heavy (non-hydrogen) atoms. The quantitative estimate of drug-likeness (QED) is 0.767. The van der Waals surface area contributed by atoms with Crippen LogP contribution in [0, 0.1) is 0 Å². The van der Waals surface area contributed by atoms with Crippen LogP contribution in [-0.2, 0) is 12.4 Å². The van der Waals surface area contributed by atoms with Crippen molar-refractivity contribution in [1.82, 2.24) is 0 Å². The summed E-state index contributed by atoms with van der Waals surface area (Å²) in [5.41, 5.74) is 3.22. The highest BCUT2D eigenvalue weighted by molar-refractivity contribution is 6.17. The molecule has 0 saturated heterocycles. The Kier molecular flexibility index (Phi) is 5.76. The van der Waals surface area contributed by atoms with E-state index in [2.05, 4.69) is 5.32 Å². The Bertz CT molecular complexity index is 570. The van der Waals surface area contributed by atoms with Gasteiger partial charge in [0.1, 0.15) is 11.5 Å². The van der Waals surface area contributed by atoms with Crippen molar-refractivity contribution in [3.8, 4) is 11.5 Å². The SMILES string of the molecule is CCOc1ccc(NCc2ccc(OC)cc2)cc1CCl. The minimum atomic E-state index is 0.438. The zero-order chi connectivity index (χ0) is 15.1. The highest BCUT2D eigenvalue weighted by Gasteiger charge is 2.04. The van der Waals surface area contributed by atoms with Gasteiger partial charge in [-0.25, -0.2) is 0 Å². The number of benzene rings is 2. The lowest BCUT2D eigenvalue weighted by molar-refractivity contribution is 0.337.